The summed E-state index contributed by atoms with van der Waals surface area (Å²) in [6, 6.07) is 4.78. The first-order chi connectivity index (χ1) is 9.20. The minimum atomic E-state index is -0.477. The molecule has 0 unspecified atom stereocenters. The van der Waals surface area contributed by atoms with Gasteiger partial charge in [-0.3, -0.25) is 20.9 Å². The number of benzene rings is 1. The fraction of sp³-hybridized carbons (Fsp3) is 0.0909. The van der Waals surface area contributed by atoms with Crippen LogP contribution in [0, 0.1) is 10.1 Å². The van der Waals surface area contributed by atoms with E-state index in [1.807, 2.05) is 0 Å². The minimum Gasteiger partial charge on any atom is -0.318 e. The number of hydrazine groups is 1. The Morgan fingerprint density at radius 1 is 1.42 bits per heavy atom. The van der Waals surface area contributed by atoms with Crippen LogP contribution in [0.4, 0.5) is 11.4 Å². The lowest BCUT2D eigenvalue weighted by atomic mass is 10.2. The molecule has 2 aromatic rings. The number of nitrogens with zero attached hydrogens (tertiary/aromatic N) is 3. The molecule has 98 valence electrons. The summed E-state index contributed by atoms with van der Waals surface area (Å²) >= 11 is 1.49. The molecule has 1 aromatic carbocycles. The number of nitrogen functional groups attached to an aromatic ring is 1. The molecule has 1 aromatic heterocycles. The monoisotopic (exact) mass is 277 g/mol. The Morgan fingerprint density at radius 3 is 2.89 bits per heavy atom. The van der Waals surface area contributed by atoms with Gasteiger partial charge in [-0.25, -0.2) is 4.98 Å². The zero-order valence-electron chi connectivity index (χ0n) is 9.81. The van der Waals surface area contributed by atoms with Crippen LogP contribution in [0.5, 0.6) is 0 Å². The van der Waals surface area contributed by atoms with Crippen LogP contribution in [0.2, 0.25) is 0 Å². The van der Waals surface area contributed by atoms with E-state index in [4.69, 9.17) is 5.84 Å². The summed E-state index contributed by atoms with van der Waals surface area (Å²) in [4.78, 5) is 18.4. The average Bonchev–Trinajstić information content (AvgIpc) is 2.45. The lowest BCUT2D eigenvalue weighted by Gasteiger charge is -2.05. The molecule has 0 saturated carbocycles. The van der Waals surface area contributed by atoms with Crippen LogP contribution in [0.1, 0.15) is 5.56 Å². The number of thioether (sulfide) groups is 1. The summed E-state index contributed by atoms with van der Waals surface area (Å²) in [5.74, 6) is 5.91. The van der Waals surface area contributed by atoms with Crippen molar-refractivity contribution in [3.63, 3.8) is 0 Å². The molecule has 19 heavy (non-hydrogen) atoms. The third kappa shape index (κ3) is 3.39. The van der Waals surface area contributed by atoms with E-state index in [0.717, 1.165) is 10.6 Å². The van der Waals surface area contributed by atoms with Crippen LogP contribution < -0.4 is 11.3 Å². The van der Waals surface area contributed by atoms with Gasteiger partial charge in [0.2, 0.25) is 0 Å². The van der Waals surface area contributed by atoms with E-state index in [-0.39, 0.29) is 5.69 Å². The van der Waals surface area contributed by atoms with Crippen molar-refractivity contribution >= 4 is 23.1 Å². The van der Waals surface area contributed by atoms with Gasteiger partial charge in [0.25, 0.3) is 5.69 Å². The Kier molecular flexibility index (Phi) is 4.26. The number of nitrogens with one attached hydrogen (secondary N) is 1. The van der Waals surface area contributed by atoms with Gasteiger partial charge in [-0.2, -0.15) is 0 Å². The smallest absolute Gasteiger partial charge is 0.293 e. The summed E-state index contributed by atoms with van der Waals surface area (Å²) in [7, 11) is 0. The van der Waals surface area contributed by atoms with Crippen LogP contribution in [0.25, 0.3) is 0 Å². The number of aromatic nitrogens is 2. The molecule has 0 aliphatic carbocycles. The van der Waals surface area contributed by atoms with Gasteiger partial charge in [-0.15, -0.1) is 11.8 Å². The zero-order valence-corrected chi connectivity index (χ0v) is 10.6. The Hall–Kier alpha value is -2.19. The van der Waals surface area contributed by atoms with Crippen LogP contribution >= 0.6 is 11.8 Å². The van der Waals surface area contributed by atoms with Gasteiger partial charge in [-0.05, 0) is 11.6 Å². The fourth-order valence-corrected chi connectivity index (χ4v) is 2.23. The van der Waals surface area contributed by atoms with Gasteiger partial charge in [0.15, 0.2) is 0 Å². The van der Waals surface area contributed by atoms with E-state index in [9.17, 15) is 10.1 Å². The maximum Gasteiger partial charge on any atom is 0.293 e. The molecule has 0 radical (unpaired) electrons. The molecule has 1 heterocycles. The lowest BCUT2D eigenvalue weighted by Crippen LogP contribution is -2.09. The maximum atomic E-state index is 10.8. The highest BCUT2D eigenvalue weighted by atomic mass is 32.2. The molecule has 0 amide bonds. The molecule has 0 atom stereocenters. The Balaban J connectivity index is 2.11. The molecule has 2 rings (SSSR count). The Labute approximate surface area is 113 Å². The number of anilines is 1. The summed E-state index contributed by atoms with van der Waals surface area (Å²) in [6.45, 7) is 0. The van der Waals surface area contributed by atoms with Gasteiger partial charge in [0.05, 0.1) is 11.1 Å². The van der Waals surface area contributed by atoms with Gasteiger partial charge in [0.1, 0.15) is 10.7 Å². The summed E-state index contributed by atoms with van der Waals surface area (Å²) < 4.78 is 0. The van der Waals surface area contributed by atoms with E-state index in [1.165, 1.54) is 17.8 Å². The highest BCUT2D eigenvalue weighted by Gasteiger charge is 2.13. The molecule has 0 bridgehead atoms. The lowest BCUT2D eigenvalue weighted by molar-refractivity contribution is -0.384. The SMILES string of the molecule is NNc1cc(CSc2cnccn2)ccc1[N+](=O)[O-]. The third-order valence-electron chi connectivity index (χ3n) is 2.34. The van der Waals surface area contributed by atoms with Crippen molar-refractivity contribution in [3.8, 4) is 0 Å². The number of nitrogens with two attached hydrogens (primary N) is 1. The predicted octanol–water partition coefficient (Wildman–Crippen LogP) is 1.96. The predicted molar refractivity (Wildman–Crippen MR) is 72.5 cm³/mol. The van der Waals surface area contributed by atoms with E-state index in [0.29, 0.717) is 11.4 Å². The van der Waals surface area contributed by atoms with Crippen molar-refractivity contribution < 1.29 is 4.92 Å². The van der Waals surface area contributed by atoms with Crippen LogP contribution in [0.15, 0.2) is 41.8 Å². The molecule has 0 aliphatic rings. The summed E-state index contributed by atoms with van der Waals surface area (Å²) in [5.41, 5.74) is 3.50. The molecule has 0 saturated heterocycles. The maximum absolute atomic E-state index is 10.8. The molecule has 8 heteroatoms. The fourth-order valence-electron chi connectivity index (χ4n) is 1.47. The Morgan fingerprint density at radius 2 is 2.26 bits per heavy atom. The Bertz CT molecular complexity index is 579. The van der Waals surface area contributed by atoms with E-state index >= 15 is 0 Å². The van der Waals surface area contributed by atoms with Crippen molar-refractivity contribution in [2.75, 3.05) is 5.43 Å². The van der Waals surface area contributed by atoms with E-state index in [1.54, 1.807) is 30.7 Å². The van der Waals surface area contributed by atoms with Crippen LogP contribution in [0.3, 0.4) is 0 Å². The first-order valence-electron chi connectivity index (χ1n) is 5.33. The topological polar surface area (TPSA) is 107 Å². The molecule has 7 nitrogen and oxygen atoms in total. The number of nitro benzene ring substituents is 1. The number of hydrogen-bond acceptors (Lipinski definition) is 7. The van der Waals surface area contributed by atoms with Gasteiger partial charge < -0.3 is 5.43 Å². The summed E-state index contributed by atoms with van der Waals surface area (Å²) in [5, 5.41) is 11.6. The number of hydrogen-bond donors (Lipinski definition) is 2. The second-order valence-corrected chi connectivity index (χ2v) is 4.58. The highest BCUT2D eigenvalue weighted by Crippen LogP contribution is 2.27. The van der Waals surface area contributed by atoms with Crippen molar-refractivity contribution in [1.82, 2.24) is 9.97 Å². The van der Waals surface area contributed by atoms with Crippen molar-refractivity contribution in [3.05, 3.63) is 52.5 Å². The molecule has 0 fully saturated rings. The number of nitro groups is 1. The molecule has 0 aliphatic heterocycles. The number of rotatable bonds is 5. The average molecular weight is 277 g/mol. The first kappa shape index (κ1) is 13.2. The van der Waals surface area contributed by atoms with Crippen molar-refractivity contribution in [2.45, 2.75) is 10.8 Å². The second kappa shape index (κ2) is 6.12. The van der Waals surface area contributed by atoms with E-state index in [2.05, 4.69) is 15.4 Å². The van der Waals surface area contributed by atoms with Gasteiger partial charge in [-0.1, -0.05) is 6.07 Å². The standard InChI is InChI=1S/C11H11N5O2S/c12-15-9-5-8(1-2-10(9)16(17)18)7-19-11-6-13-3-4-14-11/h1-6,15H,7,12H2. The normalized spacial score (nSPS) is 10.2. The minimum absolute atomic E-state index is 0.0456. The molecular weight excluding hydrogens is 266 g/mol. The largest absolute Gasteiger partial charge is 0.318 e. The van der Waals surface area contributed by atoms with Gasteiger partial charge in [0, 0.05) is 24.2 Å². The highest BCUT2D eigenvalue weighted by molar-refractivity contribution is 7.98. The van der Waals surface area contributed by atoms with E-state index < -0.39 is 4.92 Å². The quantitative estimate of drug-likeness (QED) is 0.372. The molecular formula is C11H11N5O2S. The van der Waals surface area contributed by atoms with Crippen LogP contribution in [-0.4, -0.2) is 14.9 Å². The molecule has 3 N–H and O–H groups in total. The van der Waals surface area contributed by atoms with Gasteiger partial charge >= 0.3 is 0 Å². The van der Waals surface area contributed by atoms with Crippen molar-refractivity contribution in [1.29, 1.82) is 0 Å². The second-order valence-electron chi connectivity index (χ2n) is 3.59. The summed E-state index contributed by atoms with van der Waals surface area (Å²) in [6.07, 6.45) is 4.88. The first-order valence-corrected chi connectivity index (χ1v) is 6.32. The zero-order chi connectivity index (χ0) is 13.7. The van der Waals surface area contributed by atoms with Crippen LogP contribution in [-0.2, 0) is 5.75 Å². The third-order valence-corrected chi connectivity index (χ3v) is 3.32. The van der Waals surface area contributed by atoms with Crippen molar-refractivity contribution in [2.24, 2.45) is 5.84 Å². The molecule has 0 spiro atoms.